The van der Waals surface area contributed by atoms with Crippen molar-refractivity contribution in [2.24, 2.45) is 0 Å². The molecule has 154 valence electrons. The molecule has 1 amide bonds. The number of pyridine rings is 1. The second kappa shape index (κ2) is 9.56. The number of aromatic nitrogens is 1. The molecule has 0 aliphatic heterocycles. The molecule has 1 N–H and O–H groups in total. The number of anilines is 1. The highest BCUT2D eigenvalue weighted by Crippen LogP contribution is 2.30. The van der Waals surface area contributed by atoms with Gasteiger partial charge in [-0.2, -0.15) is 0 Å². The van der Waals surface area contributed by atoms with Crippen molar-refractivity contribution in [3.05, 3.63) is 102 Å². The largest absolute Gasteiger partial charge is 0.348 e. The van der Waals surface area contributed by atoms with Crippen LogP contribution in [0.3, 0.4) is 0 Å². The Morgan fingerprint density at radius 3 is 2.53 bits per heavy atom. The zero-order chi connectivity index (χ0) is 21.6. The standard InChI is InChI=1S/C22H20ClN3O3S/c1-2-14-26(21-9-4-3-8-20(21)23)30(28,29)19-7-5-6-18(15-19)22(27)25-16-17-10-12-24-13-11-17/h2-13,15H,1,14,16H2,(H,25,27). The highest BCUT2D eigenvalue weighted by molar-refractivity contribution is 7.92. The van der Waals surface area contributed by atoms with Gasteiger partial charge in [-0.05, 0) is 48.0 Å². The highest BCUT2D eigenvalue weighted by atomic mass is 35.5. The van der Waals surface area contributed by atoms with Crippen molar-refractivity contribution in [1.29, 1.82) is 0 Å². The van der Waals surface area contributed by atoms with Gasteiger partial charge < -0.3 is 5.32 Å². The number of hydrogen-bond donors (Lipinski definition) is 1. The van der Waals surface area contributed by atoms with Crippen molar-refractivity contribution in [2.75, 3.05) is 10.8 Å². The van der Waals surface area contributed by atoms with Gasteiger partial charge in [-0.15, -0.1) is 6.58 Å². The highest BCUT2D eigenvalue weighted by Gasteiger charge is 2.26. The van der Waals surface area contributed by atoms with Gasteiger partial charge in [0.25, 0.3) is 15.9 Å². The third kappa shape index (κ3) is 4.87. The molecule has 6 nitrogen and oxygen atoms in total. The molecule has 0 radical (unpaired) electrons. The summed E-state index contributed by atoms with van der Waals surface area (Å²) in [5.41, 5.74) is 1.47. The zero-order valence-corrected chi connectivity index (χ0v) is 17.6. The first-order valence-electron chi connectivity index (χ1n) is 9.09. The molecule has 0 atom stereocenters. The molecule has 0 spiro atoms. The third-order valence-electron chi connectivity index (χ3n) is 4.30. The Kier molecular flexibility index (Phi) is 6.87. The summed E-state index contributed by atoms with van der Waals surface area (Å²) < 4.78 is 27.8. The van der Waals surface area contributed by atoms with E-state index in [-0.39, 0.29) is 22.9 Å². The Morgan fingerprint density at radius 2 is 1.83 bits per heavy atom. The second-order valence-corrected chi connectivity index (χ2v) is 8.61. The summed E-state index contributed by atoms with van der Waals surface area (Å²) >= 11 is 6.22. The van der Waals surface area contributed by atoms with Gasteiger partial charge in [0.15, 0.2) is 0 Å². The van der Waals surface area contributed by atoms with E-state index in [1.807, 2.05) is 0 Å². The lowest BCUT2D eigenvalue weighted by molar-refractivity contribution is 0.0950. The van der Waals surface area contributed by atoms with Gasteiger partial charge >= 0.3 is 0 Å². The predicted octanol–water partition coefficient (Wildman–Crippen LogP) is 4.05. The number of nitrogens with zero attached hydrogens (tertiary/aromatic N) is 2. The number of benzene rings is 2. The third-order valence-corrected chi connectivity index (χ3v) is 6.40. The number of para-hydroxylation sites is 1. The van der Waals surface area contributed by atoms with Crippen LogP contribution in [-0.4, -0.2) is 25.9 Å². The number of sulfonamides is 1. The summed E-state index contributed by atoms with van der Waals surface area (Å²) in [6, 6.07) is 16.1. The van der Waals surface area contributed by atoms with Crippen LogP contribution in [0.25, 0.3) is 0 Å². The molecule has 30 heavy (non-hydrogen) atoms. The number of rotatable bonds is 8. The van der Waals surface area contributed by atoms with Crippen LogP contribution in [0, 0.1) is 0 Å². The fourth-order valence-electron chi connectivity index (χ4n) is 2.81. The van der Waals surface area contributed by atoms with E-state index in [0.29, 0.717) is 17.3 Å². The number of nitrogens with one attached hydrogen (secondary N) is 1. The molecule has 0 bridgehead atoms. The monoisotopic (exact) mass is 441 g/mol. The minimum atomic E-state index is -3.97. The molecule has 0 saturated heterocycles. The van der Waals surface area contributed by atoms with Crippen molar-refractivity contribution >= 4 is 33.2 Å². The Balaban J connectivity index is 1.88. The van der Waals surface area contributed by atoms with Crippen LogP contribution in [0.5, 0.6) is 0 Å². The summed E-state index contributed by atoms with van der Waals surface area (Å²) in [5.74, 6) is -0.378. The van der Waals surface area contributed by atoms with Crippen LogP contribution in [0.2, 0.25) is 5.02 Å². The van der Waals surface area contributed by atoms with Crippen LogP contribution in [0.4, 0.5) is 5.69 Å². The second-order valence-electron chi connectivity index (χ2n) is 6.34. The molecule has 0 aliphatic rings. The molecule has 3 aromatic rings. The maximum absolute atomic E-state index is 13.3. The topological polar surface area (TPSA) is 79.4 Å². The fraction of sp³-hybridized carbons (Fsp3) is 0.0909. The Bertz CT molecular complexity index is 1150. The van der Waals surface area contributed by atoms with E-state index < -0.39 is 10.0 Å². The van der Waals surface area contributed by atoms with Crippen LogP contribution >= 0.6 is 11.6 Å². The average Bonchev–Trinajstić information content (AvgIpc) is 2.77. The molecule has 0 aliphatic carbocycles. The molecule has 8 heteroatoms. The van der Waals surface area contributed by atoms with Crippen LogP contribution in [0.1, 0.15) is 15.9 Å². The smallest absolute Gasteiger partial charge is 0.264 e. The lowest BCUT2D eigenvalue weighted by Gasteiger charge is -2.24. The summed E-state index contributed by atoms with van der Waals surface area (Å²) in [6.45, 7) is 3.98. The molecule has 0 unspecified atom stereocenters. The Hall–Kier alpha value is -3.16. The van der Waals surface area contributed by atoms with Gasteiger partial charge in [-0.25, -0.2) is 8.42 Å². The van der Waals surface area contributed by atoms with Crippen LogP contribution in [0.15, 0.2) is 90.6 Å². The van der Waals surface area contributed by atoms with Gasteiger partial charge in [0, 0.05) is 24.5 Å². The lowest BCUT2D eigenvalue weighted by Crippen LogP contribution is -2.31. The first-order valence-corrected chi connectivity index (χ1v) is 10.9. The first-order chi connectivity index (χ1) is 14.4. The van der Waals surface area contributed by atoms with Crippen molar-refractivity contribution in [1.82, 2.24) is 10.3 Å². The summed E-state index contributed by atoms with van der Waals surface area (Å²) in [4.78, 5) is 16.5. The zero-order valence-electron chi connectivity index (χ0n) is 16.0. The van der Waals surface area contributed by atoms with E-state index in [1.165, 1.54) is 24.3 Å². The summed E-state index contributed by atoms with van der Waals surface area (Å²) in [5, 5.41) is 3.08. The minimum absolute atomic E-state index is 0.0131. The number of amides is 1. The van der Waals surface area contributed by atoms with E-state index in [9.17, 15) is 13.2 Å². The molecule has 0 saturated carbocycles. The van der Waals surface area contributed by atoms with E-state index >= 15 is 0 Å². The molecular weight excluding hydrogens is 422 g/mol. The molecule has 3 rings (SSSR count). The molecular formula is C22H20ClN3O3S. The molecule has 0 fully saturated rings. The number of halogens is 1. The molecule has 2 aromatic carbocycles. The quantitative estimate of drug-likeness (QED) is 0.535. The van der Waals surface area contributed by atoms with E-state index in [2.05, 4.69) is 16.9 Å². The number of carbonyl (C=O) groups excluding carboxylic acids is 1. The van der Waals surface area contributed by atoms with Crippen molar-refractivity contribution in [3.8, 4) is 0 Å². The van der Waals surface area contributed by atoms with Crippen LogP contribution in [-0.2, 0) is 16.6 Å². The first kappa shape index (κ1) is 21.5. The van der Waals surface area contributed by atoms with E-state index in [1.54, 1.807) is 54.9 Å². The summed E-state index contributed by atoms with van der Waals surface area (Å²) in [7, 11) is -3.97. The normalized spacial score (nSPS) is 11.0. The van der Waals surface area contributed by atoms with Gasteiger partial charge in [0.05, 0.1) is 22.2 Å². The van der Waals surface area contributed by atoms with Gasteiger partial charge in [-0.1, -0.05) is 35.9 Å². The SMILES string of the molecule is C=CCN(c1ccccc1Cl)S(=O)(=O)c1cccc(C(=O)NCc2ccncc2)c1. The van der Waals surface area contributed by atoms with E-state index in [0.717, 1.165) is 9.87 Å². The molecule has 1 heterocycles. The van der Waals surface area contributed by atoms with Gasteiger partial charge in [0.1, 0.15) is 0 Å². The van der Waals surface area contributed by atoms with E-state index in [4.69, 9.17) is 11.6 Å². The van der Waals surface area contributed by atoms with Gasteiger partial charge in [-0.3, -0.25) is 14.1 Å². The number of carbonyl (C=O) groups is 1. The predicted molar refractivity (Wildman–Crippen MR) is 118 cm³/mol. The summed E-state index contributed by atoms with van der Waals surface area (Å²) in [6.07, 6.45) is 4.75. The maximum atomic E-state index is 13.3. The van der Waals surface area contributed by atoms with Crippen LogP contribution < -0.4 is 9.62 Å². The fourth-order valence-corrected chi connectivity index (χ4v) is 4.60. The lowest BCUT2D eigenvalue weighted by atomic mass is 10.2. The van der Waals surface area contributed by atoms with Crippen molar-refractivity contribution in [2.45, 2.75) is 11.4 Å². The maximum Gasteiger partial charge on any atom is 0.264 e. The molecule has 1 aromatic heterocycles. The van der Waals surface area contributed by atoms with Gasteiger partial charge in [0.2, 0.25) is 0 Å². The van der Waals surface area contributed by atoms with Crippen molar-refractivity contribution in [3.63, 3.8) is 0 Å². The number of hydrogen-bond acceptors (Lipinski definition) is 4. The Morgan fingerprint density at radius 1 is 1.10 bits per heavy atom. The van der Waals surface area contributed by atoms with Crippen molar-refractivity contribution < 1.29 is 13.2 Å². The minimum Gasteiger partial charge on any atom is -0.348 e. The average molecular weight is 442 g/mol. The Labute approximate surface area is 180 Å².